The van der Waals surface area contributed by atoms with Gasteiger partial charge in [0.2, 0.25) is 5.88 Å². The zero-order valence-corrected chi connectivity index (χ0v) is 24.1. The van der Waals surface area contributed by atoms with Gasteiger partial charge in [-0.3, -0.25) is 14.5 Å². The lowest BCUT2D eigenvalue weighted by molar-refractivity contribution is 0.0131. The molecule has 0 aliphatic carbocycles. The summed E-state index contributed by atoms with van der Waals surface area (Å²) in [5.41, 5.74) is 4.06. The number of piperazine rings is 2. The molecule has 0 bridgehead atoms. The summed E-state index contributed by atoms with van der Waals surface area (Å²) in [5.74, 6) is 1.77. The first kappa shape index (κ1) is 27.1. The Balaban J connectivity index is 0.978. The summed E-state index contributed by atoms with van der Waals surface area (Å²) in [6, 6.07) is 26.1. The Labute approximate surface area is 253 Å². The van der Waals surface area contributed by atoms with E-state index in [-0.39, 0.29) is 17.9 Å². The van der Waals surface area contributed by atoms with E-state index in [2.05, 4.69) is 19.9 Å². The van der Waals surface area contributed by atoms with Crippen LogP contribution in [0.25, 0.3) is 22.4 Å². The summed E-state index contributed by atoms with van der Waals surface area (Å²) in [6.45, 7) is 4.04. The van der Waals surface area contributed by atoms with Gasteiger partial charge in [0.05, 0.1) is 16.1 Å². The Hall–Kier alpha value is -4.73. The Morgan fingerprint density at radius 2 is 1.44 bits per heavy atom. The molecule has 216 valence electrons. The Bertz CT molecular complexity index is 1740. The lowest BCUT2D eigenvalue weighted by atomic mass is 10.0. The van der Waals surface area contributed by atoms with E-state index in [1.165, 1.54) is 6.20 Å². The number of amides is 2. The predicted octanol–water partition coefficient (Wildman–Crippen LogP) is 5.35. The van der Waals surface area contributed by atoms with Crippen LogP contribution in [-0.2, 0) is 0 Å². The highest BCUT2D eigenvalue weighted by molar-refractivity contribution is 6.30. The normalized spacial score (nSPS) is 17.1. The fraction of sp³-hybridized carbons (Fsp3) is 0.212. The van der Waals surface area contributed by atoms with Crippen molar-refractivity contribution in [1.82, 2.24) is 29.7 Å². The number of benzene rings is 3. The first-order valence-corrected chi connectivity index (χ1v) is 14.7. The predicted molar refractivity (Wildman–Crippen MR) is 164 cm³/mol. The van der Waals surface area contributed by atoms with Gasteiger partial charge in [0.25, 0.3) is 11.8 Å². The molecule has 9 nitrogen and oxygen atoms in total. The highest BCUT2D eigenvalue weighted by Crippen LogP contribution is 2.25. The molecule has 0 saturated carbocycles. The first-order valence-electron chi connectivity index (χ1n) is 14.3. The number of pyridine rings is 1. The average Bonchev–Trinajstić information content (AvgIpc) is 3.50. The van der Waals surface area contributed by atoms with E-state index in [4.69, 9.17) is 16.3 Å². The van der Waals surface area contributed by atoms with Crippen molar-refractivity contribution in [3.8, 4) is 23.0 Å². The number of nitrogens with zero attached hydrogens (tertiary/aromatic N) is 5. The molecule has 3 aromatic carbocycles. The number of aromatic amines is 1. The van der Waals surface area contributed by atoms with Crippen LogP contribution in [0.3, 0.4) is 0 Å². The van der Waals surface area contributed by atoms with E-state index in [0.29, 0.717) is 54.0 Å². The van der Waals surface area contributed by atoms with Crippen molar-refractivity contribution in [2.45, 2.75) is 6.04 Å². The van der Waals surface area contributed by atoms with Gasteiger partial charge >= 0.3 is 0 Å². The molecule has 4 heterocycles. The Morgan fingerprint density at radius 1 is 0.791 bits per heavy atom. The van der Waals surface area contributed by atoms with Gasteiger partial charge in [-0.25, -0.2) is 9.97 Å². The number of aromatic nitrogens is 3. The second kappa shape index (κ2) is 11.5. The lowest BCUT2D eigenvalue weighted by Crippen LogP contribution is -2.63. The van der Waals surface area contributed by atoms with Crippen molar-refractivity contribution in [3.63, 3.8) is 0 Å². The number of nitrogens with one attached hydrogen (secondary N) is 1. The van der Waals surface area contributed by atoms with Gasteiger partial charge in [-0.1, -0.05) is 35.9 Å². The van der Waals surface area contributed by atoms with Gasteiger partial charge in [-0.05, 0) is 54.6 Å². The zero-order chi connectivity index (χ0) is 29.3. The number of para-hydroxylation sites is 2. The average molecular weight is 593 g/mol. The van der Waals surface area contributed by atoms with E-state index in [1.54, 1.807) is 36.4 Å². The summed E-state index contributed by atoms with van der Waals surface area (Å²) in [7, 11) is 0. The van der Waals surface area contributed by atoms with E-state index in [0.717, 1.165) is 35.5 Å². The van der Waals surface area contributed by atoms with E-state index in [1.807, 2.05) is 58.3 Å². The number of rotatable bonds is 5. The van der Waals surface area contributed by atoms with Gasteiger partial charge in [-0.15, -0.1) is 0 Å². The number of hydrogen-bond acceptors (Lipinski definition) is 6. The molecule has 2 amide bonds. The maximum atomic E-state index is 13.5. The number of H-pyrrole nitrogens is 1. The molecule has 1 atom stereocenters. The van der Waals surface area contributed by atoms with E-state index in [9.17, 15) is 9.59 Å². The third-order valence-corrected chi connectivity index (χ3v) is 8.31. The van der Waals surface area contributed by atoms with Crippen molar-refractivity contribution < 1.29 is 14.3 Å². The molecular formula is C33H29ClN6O3. The molecule has 2 fully saturated rings. The van der Waals surface area contributed by atoms with Gasteiger partial charge in [0, 0.05) is 74.3 Å². The van der Waals surface area contributed by atoms with Crippen LogP contribution in [0.5, 0.6) is 11.6 Å². The second-order valence-corrected chi connectivity index (χ2v) is 11.2. The zero-order valence-electron chi connectivity index (χ0n) is 23.3. The highest BCUT2D eigenvalue weighted by Gasteiger charge is 2.35. The highest BCUT2D eigenvalue weighted by atomic mass is 35.5. The molecule has 10 heteroatoms. The molecule has 7 rings (SSSR count). The number of imidazole rings is 1. The molecule has 2 aromatic heterocycles. The van der Waals surface area contributed by atoms with Gasteiger partial charge in [-0.2, -0.15) is 0 Å². The minimum atomic E-state index is -0.0274. The SMILES string of the molecule is O=C(c1ccc(Oc2ccc(Cl)cn2)cc1)N1CCN2CCN(C(=O)c3ccc(-c4nc5ccccc5[nH]4)cc3)CC2C1. The maximum absolute atomic E-state index is 13.5. The van der Waals surface area contributed by atoms with Crippen molar-refractivity contribution in [2.75, 3.05) is 39.3 Å². The third-order valence-electron chi connectivity index (χ3n) is 8.09. The monoisotopic (exact) mass is 592 g/mol. The number of carbonyl (C=O) groups is 2. The minimum absolute atomic E-state index is 0.00465. The van der Waals surface area contributed by atoms with Gasteiger partial charge < -0.3 is 19.5 Å². The van der Waals surface area contributed by atoms with Crippen molar-refractivity contribution in [2.24, 2.45) is 0 Å². The molecule has 5 aromatic rings. The third kappa shape index (κ3) is 5.69. The van der Waals surface area contributed by atoms with Crippen LogP contribution < -0.4 is 4.74 Å². The quantitative estimate of drug-likeness (QED) is 0.296. The second-order valence-electron chi connectivity index (χ2n) is 10.8. The molecule has 2 aliphatic heterocycles. The number of carbonyl (C=O) groups excluding carboxylic acids is 2. The van der Waals surface area contributed by atoms with Crippen LogP contribution in [0.15, 0.2) is 91.1 Å². The van der Waals surface area contributed by atoms with Crippen molar-refractivity contribution >= 4 is 34.4 Å². The fourth-order valence-electron chi connectivity index (χ4n) is 5.76. The molecule has 2 saturated heterocycles. The topological polar surface area (TPSA) is 94.7 Å². The molecular weight excluding hydrogens is 564 g/mol. The summed E-state index contributed by atoms with van der Waals surface area (Å²) < 4.78 is 5.75. The molecule has 0 spiro atoms. The van der Waals surface area contributed by atoms with Crippen LogP contribution in [0.4, 0.5) is 0 Å². The molecule has 1 unspecified atom stereocenters. The van der Waals surface area contributed by atoms with Crippen LogP contribution in [-0.4, -0.2) is 86.8 Å². The smallest absolute Gasteiger partial charge is 0.253 e. The van der Waals surface area contributed by atoms with Gasteiger partial charge in [0.15, 0.2) is 0 Å². The Morgan fingerprint density at radius 3 is 2.07 bits per heavy atom. The van der Waals surface area contributed by atoms with Crippen LogP contribution in [0.2, 0.25) is 5.02 Å². The standard InChI is InChI=1S/C33H29ClN6O3/c34-25-11-14-30(35-19-25)43-27-12-9-24(10-13-27)33(42)40-18-16-38-15-17-39(20-26(38)21-40)32(41)23-7-5-22(6-8-23)31-36-28-3-1-2-4-29(28)37-31/h1-14,19,26H,15-18,20-21H2,(H,36,37). The maximum Gasteiger partial charge on any atom is 0.253 e. The Kier molecular flexibility index (Phi) is 7.26. The van der Waals surface area contributed by atoms with Crippen LogP contribution in [0, 0.1) is 0 Å². The number of ether oxygens (including phenoxy) is 1. The van der Waals surface area contributed by atoms with Gasteiger partial charge in [0.1, 0.15) is 11.6 Å². The van der Waals surface area contributed by atoms with E-state index < -0.39 is 0 Å². The van der Waals surface area contributed by atoms with E-state index >= 15 is 0 Å². The summed E-state index contributed by atoms with van der Waals surface area (Å²) >= 11 is 5.89. The van der Waals surface area contributed by atoms with Crippen molar-refractivity contribution in [1.29, 1.82) is 0 Å². The number of fused-ring (bicyclic) bond motifs is 2. The number of hydrogen-bond donors (Lipinski definition) is 1. The molecule has 1 N–H and O–H groups in total. The summed E-state index contributed by atoms with van der Waals surface area (Å²) in [4.78, 5) is 45.1. The summed E-state index contributed by atoms with van der Waals surface area (Å²) in [6.07, 6.45) is 1.52. The lowest BCUT2D eigenvalue weighted by Gasteiger charge is -2.47. The minimum Gasteiger partial charge on any atom is -0.439 e. The molecule has 43 heavy (non-hydrogen) atoms. The summed E-state index contributed by atoms with van der Waals surface area (Å²) in [5, 5.41) is 0.535. The first-order chi connectivity index (χ1) is 21.0. The van der Waals surface area contributed by atoms with Crippen molar-refractivity contribution in [3.05, 3.63) is 107 Å². The largest absolute Gasteiger partial charge is 0.439 e. The van der Waals surface area contributed by atoms with Crippen LogP contribution in [0.1, 0.15) is 20.7 Å². The molecule has 0 radical (unpaired) electrons. The fourth-order valence-corrected chi connectivity index (χ4v) is 5.87. The molecule has 2 aliphatic rings. The number of halogens is 1. The van der Waals surface area contributed by atoms with Crippen LogP contribution >= 0.6 is 11.6 Å².